The fourth-order valence-corrected chi connectivity index (χ4v) is 5.78. The van der Waals surface area contributed by atoms with E-state index in [0.717, 1.165) is 49.1 Å². The quantitative estimate of drug-likeness (QED) is 0.737. The van der Waals surface area contributed by atoms with Gasteiger partial charge in [0.15, 0.2) is 5.65 Å². The van der Waals surface area contributed by atoms with Crippen molar-refractivity contribution in [1.82, 2.24) is 28.3 Å². The third kappa shape index (κ3) is 3.61. The van der Waals surface area contributed by atoms with Crippen molar-refractivity contribution in [2.75, 3.05) is 46.8 Å². The Kier molecular flexibility index (Phi) is 5.19. The smallest absolute Gasteiger partial charge is 0.281 e. The maximum absolute atomic E-state index is 12.9. The molecule has 2 saturated heterocycles. The van der Waals surface area contributed by atoms with Gasteiger partial charge in [-0.05, 0) is 45.5 Å². The molecule has 27 heavy (non-hydrogen) atoms. The Morgan fingerprint density at radius 2 is 1.96 bits per heavy atom. The van der Waals surface area contributed by atoms with E-state index >= 15 is 0 Å². The average Bonchev–Trinajstić information content (AvgIpc) is 3.38. The van der Waals surface area contributed by atoms with Gasteiger partial charge in [-0.3, -0.25) is 0 Å². The number of rotatable bonds is 6. The largest absolute Gasteiger partial charge is 0.308 e. The molecule has 0 saturated carbocycles. The summed E-state index contributed by atoms with van der Waals surface area (Å²) in [4.78, 5) is 6.64. The molecule has 0 spiro atoms. The molecule has 2 aromatic heterocycles. The van der Waals surface area contributed by atoms with Crippen LogP contribution >= 0.6 is 0 Å². The topological polar surface area (TPSA) is 74.6 Å². The molecule has 0 radical (unpaired) electrons. The van der Waals surface area contributed by atoms with Gasteiger partial charge >= 0.3 is 0 Å². The van der Waals surface area contributed by atoms with Crippen LogP contribution in [0.3, 0.4) is 0 Å². The number of likely N-dealkylation sites (N-methyl/N-ethyl adjacent to an activating group) is 1. The molecule has 0 unspecified atom stereocenters. The Morgan fingerprint density at radius 3 is 2.70 bits per heavy atom. The van der Waals surface area contributed by atoms with E-state index in [2.05, 4.69) is 16.0 Å². The minimum Gasteiger partial charge on any atom is -0.308 e. The Labute approximate surface area is 160 Å². The molecular weight excluding hydrogens is 364 g/mol. The van der Waals surface area contributed by atoms with E-state index in [1.165, 1.54) is 0 Å². The van der Waals surface area contributed by atoms with Crippen molar-refractivity contribution < 1.29 is 8.42 Å². The van der Waals surface area contributed by atoms with Crippen LogP contribution in [0.4, 0.5) is 0 Å². The van der Waals surface area contributed by atoms with Crippen molar-refractivity contribution in [3.63, 3.8) is 0 Å². The second-order valence-corrected chi connectivity index (χ2v) is 9.67. The molecule has 2 aromatic rings. The first-order chi connectivity index (χ1) is 13.0. The first-order valence-electron chi connectivity index (χ1n) is 9.68. The van der Waals surface area contributed by atoms with Crippen LogP contribution in [0.5, 0.6) is 0 Å². The number of fused-ring (bicyclic) bond motifs is 1. The number of hydrogen-bond donors (Lipinski definition) is 0. The second-order valence-electron chi connectivity index (χ2n) is 7.74. The summed E-state index contributed by atoms with van der Waals surface area (Å²) >= 11 is 0. The van der Waals surface area contributed by atoms with Gasteiger partial charge in [0, 0.05) is 50.2 Å². The van der Waals surface area contributed by atoms with Gasteiger partial charge in [-0.25, -0.2) is 9.67 Å². The van der Waals surface area contributed by atoms with Gasteiger partial charge in [0.05, 0.1) is 12.2 Å². The Balaban J connectivity index is 1.58. The van der Waals surface area contributed by atoms with Crippen LogP contribution in [-0.4, -0.2) is 83.5 Å². The van der Waals surface area contributed by atoms with E-state index in [1.807, 2.05) is 24.8 Å². The molecule has 2 aliphatic rings. The number of aromatic nitrogens is 3. The molecular formula is C18H28N6O2S. The standard InChI is InChI=1S/C18H28N6O2S/c1-21(2)12-13-24-18-16(6-5-8-19-18)17(20-24)15-7-11-23(14-15)27(25,26)22-9-3-4-10-22/h5-6,8,15H,3-4,7,9-14H2,1-2H3/t15-/m0/s1. The number of hydrogen-bond acceptors (Lipinski definition) is 5. The first-order valence-corrected chi connectivity index (χ1v) is 11.1. The average molecular weight is 393 g/mol. The molecule has 4 rings (SSSR count). The van der Waals surface area contributed by atoms with Crippen molar-refractivity contribution in [3.8, 4) is 0 Å². The predicted molar refractivity (Wildman–Crippen MR) is 105 cm³/mol. The Morgan fingerprint density at radius 1 is 1.19 bits per heavy atom. The zero-order valence-electron chi connectivity index (χ0n) is 16.1. The molecule has 2 aliphatic heterocycles. The summed E-state index contributed by atoms with van der Waals surface area (Å²) in [5, 5.41) is 5.89. The highest BCUT2D eigenvalue weighted by molar-refractivity contribution is 7.86. The summed E-state index contributed by atoms with van der Waals surface area (Å²) < 4.78 is 31.0. The van der Waals surface area contributed by atoms with Crippen LogP contribution in [0.15, 0.2) is 18.3 Å². The summed E-state index contributed by atoms with van der Waals surface area (Å²) in [6.45, 7) is 4.02. The molecule has 9 heteroatoms. The fourth-order valence-electron chi connectivity index (χ4n) is 4.03. The lowest BCUT2D eigenvalue weighted by atomic mass is 10.0. The van der Waals surface area contributed by atoms with Gasteiger partial charge < -0.3 is 4.90 Å². The van der Waals surface area contributed by atoms with Crippen molar-refractivity contribution >= 4 is 21.2 Å². The van der Waals surface area contributed by atoms with Crippen molar-refractivity contribution in [3.05, 3.63) is 24.0 Å². The van der Waals surface area contributed by atoms with E-state index in [0.29, 0.717) is 26.2 Å². The fraction of sp³-hybridized carbons (Fsp3) is 0.667. The highest BCUT2D eigenvalue weighted by Crippen LogP contribution is 2.33. The molecule has 148 valence electrons. The van der Waals surface area contributed by atoms with Gasteiger partial charge in [-0.15, -0.1) is 0 Å². The van der Waals surface area contributed by atoms with E-state index in [1.54, 1.807) is 14.8 Å². The third-order valence-electron chi connectivity index (χ3n) is 5.55. The second kappa shape index (κ2) is 7.46. The molecule has 0 amide bonds. The van der Waals surface area contributed by atoms with E-state index in [-0.39, 0.29) is 5.92 Å². The Bertz CT molecular complexity index is 904. The lowest BCUT2D eigenvalue weighted by Crippen LogP contribution is -2.41. The lowest BCUT2D eigenvalue weighted by molar-refractivity contribution is 0.374. The van der Waals surface area contributed by atoms with E-state index < -0.39 is 10.2 Å². The lowest BCUT2D eigenvalue weighted by Gasteiger charge is -2.23. The van der Waals surface area contributed by atoms with Crippen molar-refractivity contribution in [2.24, 2.45) is 0 Å². The minimum absolute atomic E-state index is 0.120. The van der Waals surface area contributed by atoms with Gasteiger partial charge in [0.25, 0.3) is 10.2 Å². The highest BCUT2D eigenvalue weighted by Gasteiger charge is 2.38. The van der Waals surface area contributed by atoms with Crippen LogP contribution in [0.1, 0.15) is 30.9 Å². The molecule has 1 atom stereocenters. The zero-order valence-corrected chi connectivity index (χ0v) is 16.9. The molecule has 0 bridgehead atoms. The van der Waals surface area contributed by atoms with Crippen LogP contribution in [0, 0.1) is 0 Å². The van der Waals surface area contributed by atoms with Crippen molar-refractivity contribution in [2.45, 2.75) is 31.7 Å². The number of nitrogens with zero attached hydrogens (tertiary/aromatic N) is 6. The molecule has 4 heterocycles. The third-order valence-corrected chi connectivity index (χ3v) is 7.55. The Hall–Kier alpha value is -1.55. The predicted octanol–water partition coefficient (Wildman–Crippen LogP) is 1.12. The van der Waals surface area contributed by atoms with Crippen LogP contribution in [0.2, 0.25) is 0 Å². The normalized spacial score (nSPS) is 22.4. The first kappa shape index (κ1) is 18.8. The minimum atomic E-state index is -3.34. The zero-order chi connectivity index (χ0) is 19.0. The molecule has 0 N–H and O–H groups in total. The molecule has 0 aromatic carbocycles. The van der Waals surface area contributed by atoms with Gasteiger partial charge in [0.2, 0.25) is 0 Å². The van der Waals surface area contributed by atoms with Gasteiger partial charge in [0.1, 0.15) is 0 Å². The van der Waals surface area contributed by atoms with Gasteiger partial charge in [-0.2, -0.15) is 22.1 Å². The summed E-state index contributed by atoms with van der Waals surface area (Å²) in [5.41, 5.74) is 1.87. The highest BCUT2D eigenvalue weighted by atomic mass is 32.2. The monoisotopic (exact) mass is 392 g/mol. The SMILES string of the molecule is CN(C)CCn1nc([C@H]2CCN(S(=O)(=O)N3CCCC3)C2)c2cccnc21. The van der Waals surface area contributed by atoms with E-state index in [4.69, 9.17) is 5.10 Å². The van der Waals surface area contributed by atoms with Crippen LogP contribution < -0.4 is 0 Å². The molecule has 8 nitrogen and oxygen atoms in total. The summed E-state index contributed by atoms with van der Waals surface area (Å²) in [6, 6.07) is 3.98. The van der Waals surface area contributed by atoms with E-state index in [9.17, 15) is 8.42 Å². The van der Waals surface area contributed by atoms with Crippen LogP contribution in [0.25, 0.3) is 11.0 Å². The molecule has 2 fully saturated rings. The number of pyridine rings is 1. The summed E-state index contributed by atoms with van der Waals surface area (Å²) in [5.74, 6) is 0.120. The summed E-state index contributed by atoms with van der Waals surface area (Å²) in [7, 11) is 0.742. The van der Waals surface area contributed by atoms with Crippen LogP contribution in [-0.2, 0) is 16.8 Å². The van der Waals surface area contributed by atoms with Gasteiger partial charge in [-0.1, -0.05) is 0 Å². The summed E-state index contributed by atoms with van der Waals surface area (Å²) in [6.07, 6.45) is 4.52. The maximum atomic E-state index is 12.9. The van der Waals surface area contributed by atoms with Crippen molar-refractivity contribution in [1.29, 1.82) is 0 Å². The molecule has 0 aliphatic carbocycles. The maximum Gasteiger partial charge on any atom is 0.281 e.